The molecule has 0 aliphatic rings. The molecule has 0 heterocycles. The molecule has 3 unspecified atom stereocenters. The first kappa shape index (κ1) is 82.9. The molecule has 0 bridgehead atoms. The fraction of sp³-hybridized carbons (Fsp3) is 0.829. The van der Waals surface area contributed by atoms with Crippen molar-refractivity contribution in [1.82, 2.24) is 5.32 Å². The average molecular weight is 1210 g/mol. The van der Waals surface area contributed by atoms with E-state index >= 15 is 0 Å². The summed E-state index contributed by atoms with van der Waals surface area (Å²) in [5.74, 6) is -0.138. The van der Waals surface area contributed by atoms with Crippen LogP contribution in [0.4, 0.5) is 0 Å². The molecule has 0 aromatic carbocycles. The Morgan fingerprint density at radius 1 is 0.412 bits per heavy atom. The van der Waals surface area contributed by atoms with Gasteiger partial charge < -0.3 is 19.8 Å². The van der Waals surface area contributed by atoms with Crippen LogP contribution in [-0.2, 0) is 18.4 Å². The molecule has 498 valence electrons. The number of hydrogen-bond acceptors (Lipinski definition) is 5. The summed E-state index contributed by atoms with van der Waals surface area (Å²) in [5, 5.41) is 14.2. The number of hydrogen-bond donors (Lipinski definition) is 3. The van der Waals surface area contributed by atoms with E-state index < -0.39 is 20.0 Å². The van der Waals surface area contributed by atoms with Gasteiger partial charge in [0.25, 0.3) is 0 Å². The SMILES string of the molecule is CC/C=C\C/C=C\C/C=C\C/C=C\C/C=C\C/C=C\CCCCCCCCCCCCCCCCCCCCCCCCC(=O)NC(COP(=O)(O)OCC[N+](C)(C)C)C(O)CCCCCCCCCCCCCCCCCCCCCCCC. The molecule has 0 radical (unpaired) electrons. The molecular formula is C76H144N2O6P+. The lowest BCUT2D eigenvalue weighted by Gasteiger charge is -2.26. The maximum absolute atomic E-state index is 13.1. The van der Waals surface area contributed by atoms with Crippen LogP contribution in [0, 0.1) is 0 Å². The predicted molar refractivity (Wildman–Crippen MR) is 373 cm³/mol. The molecule has 0 aromatic heterocycles. The number of carbonyl (C=O) groups is 1. The van der Waals surface area contributed by atoms with E-state index in [9.17, 15) is 19.4 Å². The number of aliphatic hydroxyl groups excluding tert-OH is 1. The number of nitrogens with one attached hydrogen (secondary N) is 1. The molecular weight excluding hydrogens is 1070 g/mol. The summed E-state index contributed by atoms with van der Waals surface area (Å²) in [4.78, 5) is 23.5. The van der Waals surface area contributed by atoms with Gasteiger partial charge in [0.05, 0.1) is 39.9 Å². The highest BCUT2D eigenvalue weighted by Crippen LogP contribution is 2.43. The number of rotatable bonds is 68. The summed E-state index contributed by atoms with van der Waals surface area (Å²) < 4.78 is 23.9. The third kappa shape index (κ3) is 69.3. The summed E-state index contributed by atoms with van der Waals surface area (Å²) in [6.07, 6.45) is 93.0. The normalized spacial score (nSPS) is 14.0. The highest BCUT2D eigenvalue weighted by Gasteiger charge is 2.28. The third-order valence-electron chi connectivity index (χ3n) is 16.7. The highest BCUT2D eigenvalue weighted by molar-refractivity contribution is 7.47. The summed E-state index contributed by atoms with van der Waals surface area (Å²) >= 11 is 0. The number of quaternary nitrogens is 1. The Balaban J connectivity index is 3.92. The first-order chi connectivity index (χ1) is 41.5. The second kappa shape index (κ2) is 66.4. The number of phosphoric acid groups is 1. The quantitative estimate of drug-likeness (QED) is 0.0243. The van der Waals surface area contributed by atoms with Crippen molar-refractivity contribution in [3.8, 4) is 0 Å². The minimum atomic E-state index is -4.33. The van der Waals surface area contributed by atoms with E-state index in [0.717, 1.165) is 77.0 Å². The number of allylic oxidation sites excluding steroid dienone is 12. The van der Waals surface area contributed by atoms with Crippen LogP contribution in [-0.4, -0.2) is 73.4 Å². The molecule has 0 spiro atoms. The van der Waals surface area contributed by atoms with Crippen molar-refractivity contribution in [3.05, 3.63) is 72.9 Å². The molecule has 85 heavy (non-hydrogen) atoms. The number of nitrogens with zero attached hydrogens (tertiary/aromatic N) is 1. The molecule has 9 heteroatoms. The molecule has 3 atom stereocenters. The van der Waals surface area contributed by atoms with Gasteiger partial charge in [-0.05, 0) is 64.2 Å². The average Bonchev–Trinajstić information content (AvgIpc) is 3.48. The zero-order chi connectivity index (χ0) is 61.9. The van der Waals surface area contributed by atoms with Crippen LogP contribution >= 0.6 is 7.82 Å². The molecule has 0 fully saturated rings. The number of amides is 1. The van der Waals surface area contributed by atoms with Crippen LogP contribution in [0.15, 0.2) is 72.9 Å². The number of carbonyl (C=O) groups excluding carboxylic acids is 1. The minimum absolute atomic E-state index is 0.0758. The Morgan fingerprint density at radius 2 is 0.706 bits per heavy atom. The lowest BCUT2D eigenvalue weighted by Crippen LogP contribution is -2.46. The number of unbranched alkanes of at least 4 members (excludes halogenated alkanes) is 43. The molecule has 0 saturated heterocycles. The number of phosphoric ester groups is 1. The Kier molecular flexibility index (Phi) is 64.8. The minimum Gasteiger partial charge on any atom is -0.391 e. The van der Waals surface area contributed by atoms with Gasteiger partial charge in [-0.2, -0.15) is 0 Å². The van der Waals surface area contributed by atoms with Gasteiger partial charge in [-0.3, -0.25) is 13.8 Å². The zero-order valence-corrected chi connectivity index (χ0v) is 58.0. The van der Waals surface area contributed by atoms with E-state index in [4.69, 9.17) is 9.05 Å². The zero-order valence-electron chi connectivity index (χ0n) is 57.1. The summed E-state index contributed by atoms with van der Waals surface area (Å²) in [7, 11) is 1.63. The lowest BCUT2D eigenvalue weighted by molar-refractivity contribution is -0.870. The largest absolute Gasteiger partial charge is 0.472 e. The van der Waals surface area contributed by atoms with Gasteiger partial charge >= 0.3 is 7.82 Å². The van der Waals surface area contributed by atoms with Crippen LogP contribution in [0.25, 0.3) is 0 Å². The van der Waals surface area contributed by atoms with E-state index in [2.05, 4.69) is 92.1 Å². The van der Waals surface area contributed by atoms with E-state index in [0.29, 0.717) is 23.9 Å². The predicted octanol–water partition coefficient (Wildman–Crippen LogP) is 23.7. The molecule has 1 amide bonds. The van der Waals surface area contributed by atoms with Gasteiger partial charge in [-0.25, -0.2) is 4.57 Å². The summed E-state index contributed by atoms with van der Waals surface area (Å²) in [6, 6.07) is -0.762. The van der Waals surface area contributed by atoms with Gasteiger partial charge in [0.15, 0.2) is 0 Å². The van der Waals surface area contributed by atoms with Gasteiger partial charge in [0.2, 0.25) is 5.91 Å². The number of aliphatic hydroxyl groups is 1. The topological polar surface area (TPSA) is 105 Å². The maximum atomic E-state index is 13.1. The van der Waals surface area contributed by atoms with Gasteiger partial charge in [0, 0.05) is 6.42 Å². The molecule has 0 aliphatic heterocycles. The second-order valence-electron chi connectivity index (χ2n) is 26.3. The first-order valence-electron chi connectivity index (χ1n) is 36.8. The van der Waals surface area contributed by atoms with Crippen molar-refractivity contribution in [3.63, 3.8) is 0 Å². The van der Waals surface area contributed by atoms with E-state index in [1.165, 1.54) is 250 Å². The van der Waals surface area contributed by atoms with Crippen molar-refractivity contribution in [2.24, 2.45) is 0 Å². The molecule has 0 aliphatic carbocycles. The molecule has 8 nitrogen and oxygen atoms in total. The van der Waals surface area contributed by atoms with Crippen molar-refractivity contribution < 1.29 is 32.9 Å². The van der Waals surface area contributed by atoms with E-state index in [1.54, 1.807) is 0 Å². The van der Waals surface area contributed by atoms with E-state index in [1.807, 2.05) is 21.1 Å². The van der Waals surface area contributed by atoms with Crippen LogP contribution in [0.1, 0.15) is 354 Å². The van der Waals surface area contributed by atoms with Crippen molar-refractivity contribution in [2.75, 3.05) is 40.9 Å². The molecule has 0 rings (SSSR count). The maximum Gasteiger partial charge on any atom is 0.472 e. The van der Waals surface area contributed by atoms with E-state index in [-0.39, 0.29) is 19.1 Å². The standard InChI is InChI=1S/C76H143N2O6P/c1-6-8-10-12-14-16-18-20-22-24-26-28-30-31-32-33-34-35-36-37-38-39-40-41-42-43-44-45-46-47-48-50-52-54-56-58-60-62-64-66-68-70-76(80)77-74(73-84-85(81,82)83-72-71-78(3,4)5)75(79)69-67-65-63-61-59-57-55-53-51-49-29-27-25-23-21-19-17-15-13-11-9-7-2/h8,10,14,16,20,22,26,28,31-32,34-35,74-75,79H,6-7,9,11-13,15,17-19,21,23-25,27,29-30,33,36-73H2,1-5H3,(H-,77,80,81,82)/p+1/b10-8-,16-14-,22-20-,28-26-,32-31-,35-34-. The van der Waals surface area contributed by atoms with Crippen LogP contribution in [0.2, 0.25) is 0 Å². The smallest absolute Gasteiger partial charge is 0.391 e. The Morgan fingerprint density at radius 3 is 1.04 bits per heavy atom. The number of likely N-dealkylation sites (N-methyl/N-ethyl adjacent to an activating group) is 1. The van der Waals surface area contributed by atoms with Crippen molar-refractivity contribution in [1.29, 1.82) is 0 Å². The van der Waals surface area contributed by atoms with Crippen molar-refractivity contribution in [2.45, 2.75) is 366 Å². The Labute approximate surface area is 529 Å². The van der Waals surface area contributed by atoms with Crippen LogP contribution in [0.5, 0.6) is 0 Å². The first-order valence-corrected chi connectivity index (χ1v) is 38.3. The van der Waals surface area contributed by atoms with Crippen LogP contribution in [0.3, 0.4) is 0 Å². The monoisotopic (exact) mass is 1210 g/mol. The molecule has 0 aromatic rings. The van der Waals surface area contributed by atoms with Gasteiger partial charge in [-0.1, -0.05) is 356 Å². The van der Waals surface area contributed by atoms with Gasteiger partial charge in [0.1, 0.15) is 13.2 Å². The van der Waals surface area contributed by atoms with Gasteiger partial charge in [-0.15, -0.1) is 0 Å². The fourth-order valence-electron chi connectivity index (χ4n) is 11.1. The Hall–Kier alpha value is -2.06. The fourth-order valence-corrected chi connectivity index (χ4v) is 11.8. The lowest BCUT2D eigenvalue weighted by atomic mass is 10.0. The Bertz CT molecular complexity index is 1620. The molecule has 3 N–H and O–H groups in total. The highest BCUT2D eigenvalue weighted by atomic mass is 31.2. The van der Waals surface area contributed by atoms with Crippen LogP contribution < -0.4 is 5.32 Å². The second-order valence-corrected chi connectivity index (χ2v) is 27.8. The third-order valence-corrected chi connectivity index (χ3v) is 17.7. The molecule has 0 saturated carbocycles. The summed E-state index contributed by atoms with van der Waals surface area (Å²) in [6.45, 7) is 4.82. The summed E-state index contributed by atoms with van der Waals surface area (Å²) in [5.41, 5.74) is 0. The van der Waals surface area contributed by atoms with Crippen molar-refractivity contribution >= 4 is 13.7 Å².